The van der Waals surface area contributed by atoms with Gasteiger partial charge >= 0.3 is 11.9 Å². The summed E-state index contributed by atoms with van der Waals surface area (Å²) in [6.45, 7) is 3.58. The molecular formula is C35H47ClO10. The van der Waals surface area contributed by atoms with Crippen LogP contribution in [0.3, 0.4) is 0 Å². The van der Waals surface area contributed by atoms with Crippen LogP contribution in [-0.4, -0.2) is 81.2 Å². The Balaban J connectivity index is 1.44. The summed E-state index contributed by atoms with van der Waals surface area (Å²) in [5.74, 6) is -1.51. The highest BCUT2D eigenvalue weighted by atomic mass is 35.5. The summed E-state index contributed by atoms with van der Waals surface area (Å²) in [6, 6.07) is 19.4. The van der Waals surface area contributed by atoms with E-state index in [1.807, 2.05) is 60.7 Å². The molecule has 0 saturated carbocycles. The zero-order valence-corrected chi connectivity index (χ0v) is 27.4. The molecule has 2 aromatic rings. The van der Waals surface area contributed by atoms with E-state index in [0.29, 0.717) is 6.61 Å². The van der Waals surface area contributed by atoms with E-state index < -0.39 is 42.6 Å². The zero-order valence-electron chi connectivity index (χ0n) is 26.6. The second-order valence-corrected chi connectivity index (χ2v) is 11.7. The average molecular weight is 663 g/mol. The Kier molecular flexibility index (Phi) is 16.3. The molecule has 5 atom stereocenters. The standard InChI is InChI=1S/C35H47ClO10/c1-26(37)42-25-29-32(46-30(38)22-36)33(43-23-27-14-7-5-8-15-27)34(44-24-28-16-9-6-10-17-28)35(45-29)41-19-12-4-2-3-11-18-31-39-20-13-21-40-31/h5-10,14-17,29,31-35H,2-4,11-13,18-25H2,1H3/t29-,32+,33+,34-,35?/m1/s1. The highest BCUT2D eigenvalue weighted by Gasteiger charge is 2.50. The van der Waals surface area contributed by atoms with Gasteiger partial charge in [-0.05, 0) is 36.8 Å². The van der Waals surface area contributed by atoms with Crippen LogP contribution in [0.2, 0.25) is 0 Å². The molecule has 11 heteroatoms. The third kappa shape index (κ3) is 12.6. The Hall–Kier alpha value is -2.57. The van der Waals surface area contributed by atoms with Crippen molar-refractivity contribution >= 4 is 23.5 Å². The van der Waals surface area contributed by atoms with Gasteiger partial charge in [0, 0.05) is 13.5 Å². The molecule has 4 rings (SSSR count). The van der Waals surface area contributed by atoms with E-state index in [9.17, 15) is 9.59 Å². The molecule has 0 spiro atoms. The fourth-order valence-corrected chi connectivity index (χ4v) is 5.48. The maximum absolute atomic E-state index is 12.5. The Morgan fingerprint density at radius 3 is 2.02 bits per heavy atom. The number of unbranched alkanes of at least 4 members (excludes halogenated alkanes) is 4. The van der Waals surface area contributed by atoms with Crippen LogP contribution in [0.4, 0.5) is 0 Å². The Labute approximate surface area is 276 Å². The van der Waals surface area contributed by atoms with Crippen molar-refractivity contribution < 1.29 is 47.5 Å². The van der Waals surface area contributed by atoms with Crippen LogP contribution in [0.25, 0.3) is 0 Å². The van der Waals surface area contributed by atoms with Gasteiger partial charge in [-0.3, -0.25) is 9.59 Å². The molecule has 10 nitrogen and oxygen atoms in total. The van der Waals surface area contributed by atoms with Crippen LogP contribution < -0.4 is 0 Å². The van der Waals surface area contributed by atoms with Crippen molar-refractivity contribution in [1.82, 2.24) is 0 Å². The second-order valence-electron chi connectivity index (χ2n) is 11.4. The van der Waals surface area contributed by atoms with Gasteiger partial charge in [0.15, 0.2) is 18.7 Å². The third-order valence-electron chi connectivity index (χ3n) is 7.75. The Morgan fingerprint density at radius 2 is 1.39 bits per heavy atom. The van der Waals surface area contributed by atoms with E-state index in [2.05, 4.69) is 0 Å². The lowest BCUT2D eigenvalue weighted by Crippen LogP contribution is -2.62. The van der Waals surface area contributed by atoms with E-state index in [1.54, 1.807) is 0 Å². The van der Waals surface area contributed by atoms with Gasteiger partial charge in [0.05, 0.1) is 26.4 Å². The summed E-state index contributed by atoms with van der Waals surface area (Å²) in [5.41, 5.74) is 1.87. The van der Waals surface area contributed by atoms with Gasteiger partial charge in [0.25, 0.3) is 0 Å². The van der Waals surface area contributed by atoms with Crippen LogP contribution in [0.15, 0.2) is 60.7 Å². The second kappa shape index (κ2) is 20.6. The van der Waals surface area contributed by atoms with Gasteiger partial charge in [-0.15, -0.1) is 11.6 Å². The molecule has 2 saturated heterocycles. The molecule has 1 unspecified atom stereocenters. The number of benzene rings is 2. The molecule has 2 fully saturated rings. The van der Waals surface area contributed by atoms with Crippen LogP contribution >= 0.6 is 11.6 Å². The topological polar surface area (TPSA) is 108 Å². The quantitative estimate of drug-likeness (QED) is 0.105. The lowest BCUT2D eigenvalue weighted by molar-refractivity contribution is -0.321. The van der Waals surface area contributed by atoms with E-state index in [-0.39, 0.29) is 32.0 Å². The minimum absolute atomic E-state index is 0.0714. The number of carbonyl (C=O) groups excluding carboxylic acids is 2. The minimum Gasteiger partial charge on any atom is -0.463 e. The van der Waals surface area contributed by atoms with Crippen molar-refractivity contribution in [3.05, 3.63) is 71.8 Å². The van der Waals surface area contributed by atoms with E-state index in [0.717, 1.165) is 69.3 Å². The fraction of sp³-hybridized carbons (Fsp3) is 0.600. The van der Waals surface area contributed by atoms with Crippen molar-refractivity contribution in [2.45, 2.75) is 102 Å². The molecule has 2 aliphatic heterocycles. The highest BCUT2D eigenvalue weighted by molar-refractivity contribution is 6.26. The van der Waals surface area contributed by atoms with Crippen molar-refractivity contribution in [1.29, 1.82) is 0 Å². The number of halogens is 1. The van der Waals surface area contributed by atoms with Crippen LogP contribution in [0.5, 0.6) is 0 Å². The number of esters is 2. The first kappa shape index (κ1) is 36.3. The SMILES string of the molecule is CC(=O)OC[C@H]1OC(OCCCCCCCC2OCCCO2)[C@H](OCc2ccccc2)[C@@H](OCc2ccccc2)[C@H]1OC(=O)CCl. The van der Waals surface area contributed by atoms with Gasteiger partial charge in [-0.1, -0.05) is 79.9 Å². The fourth-order valence-electron chi connectivity index (χ4n) is 5.42. The molecule has 0 bridgehead atoms. The lowest BCUT2D eigenvalue weighted by Gasteiger charge is -2.45. The average Bonchev–Trinajstić information content (AvgIpc) is 3.09. The first-order valence-corrected chi connectivity index (χ1v) is 16.8. The summed E-state index contributed by atoms with van der Waals surface area (Å²) in [6.07, 6.45) is 2.46. The van der Waals surface area contributed by atoms with E-state index >= 15 is 0 Å². The van der Waals surface area contributed by atoms with E-state index in [1.165, 1.54) is 6.92 Å². The number of hydrogen-bond donors (Lipinski definition) is 0. The van der Waals surface area contributed by atoms with Crippen LogP contribution in [-0.2, 0) is 60.7 Å². The van der Waals surface area contributed by atoms with Crippen molar-refractivity contribution in [3.8, 4) is 0 Å². The summed E-state index contributed by atoms with van der Waals surface area (Å²) >= 11 is 5.83. The molecular weight excluding hydrogens is 616 g/mol. The molecule has 2 aromatic carbocycles. The molecule has 2 heterocycles. The van der Waals surface area contributed by atoms with Crippen LogP contribution in [0.1, 0.15) is 63.0 Å². The summed E-state index contributed by atoms with van der Waals surface area (Å²) in [7, 11) is 0. The van der Waals surface area contributed by atoms with Crippen LogP contribution in [0, 0.1) is 0 Å². The molecule has 0 aliphatic carbocycles. The minimum atomic E-state index is -0.980. The molecule has 254 valence electrons. The molecule has 0 amide bonds. The molecule has 2 aliphatic rings. The summed E-state index contributed by atoms with van der Waals surface area (Å²) in [4.78, 5) is 24.3. The maximum atomic E-state index is 12.5. The molecule has 0 radical (unpaired) electrons. The largest absolute Gasteiger partial charge is 0.463 e. The van der Waals surface area contributed by atoms with Gasteiger partial charge in [0.1, 0.15) is 30.8 Å². The molecule has 46 heavy (non-hydrogen) atoms. The first-order chi connectivity index (χ1) is 22.5. The Morgan fingerprint density at radius 1 is 0.783 bits per heavy atom. The predicted octanol–water partition coefficient (Wildman–Crippen LogP) is 5.72. The predicted molar refractivity (Wildman–Crippen MR) is 170 cm³/mol. The van der Waals surface area contributed by atoms with Crippen molar-refractivity contribution in [3.63, 3.8) is 0 Å². The van der Waals surface area contributed by atoms with Crippen molar-refractivity contribution in [2.75, 3.05) is 32.3 Å². The number of alkyl halides is 1. The van der Waals surface area contributed by atoms with Gasteiger partial charge in [0.2, 0.25) is 0 Å². The normalized spacial score (nSPS) is 23.6. The Bertz CT molecular complexity index is 1130. The molecule has 0 N–H and O–H groups in total. The summed E-state index contributed by atoms with van der Waals surface area (Å²) < 4.78 is 47.9. The number of rotatable bonds is 19. The summed E-state index contributed by atoms with van der Waals surface area (Å²) in [5, 5.41) is 0. The van der Waals surface area contributed by atoms with Gasteiger partial charge in [-0.2, -0.15) is 0 Å². The maximum Gasteiger partial charge on any atom is 0.321 e. The van der Waals surface area contributed by atoms with Crippen molar-refractivity contribution in [2.24, 2.45) is 0 Å². The molecule has 0 aromatic heterocycles. The number of carbonyl (C=O) groups is 2. The number of hydrogen-bond acceptors (Lipinski definition) is 10. The van der Waals surface area contributed by atoms with E-state index in [4.69, 9.17) is 49.5 Å². The highest BCUT2D eigenvalue weighted by Crippen LogP contribution is 2.31. The number of ether oxygens (including phenoxy) is 8. The third-order valence-corrected chi connectivity index (χ3v) is 7.97. The first-order valence-electron chi connectivity index (χ1n) is 16.2. The van der Waals surface area contributed by atoms with Gasteiger partial charge in [-0.25, -0.2) is 0 Å². The monoisotopic (exact) mass is 662 g/mol. The van der Waals surface area contributed by atoms with Gasteiger partial charge < -0.3 is 37.9 Å². The zero-order chi connectivity index (χ0) is 32.4. The smallest absolute Gasteiger partial charge is 0.321 e. The lowest BCUT2D eigenvalue weighted by atomic mass is 9.98.